The first kappa shape index (κ1) is 20.6. The van der Waals surface area contributed by atoms with Gasteiger partial charge in [-0.3, -0.25) is 9.59 Å². The predicted molar refractivity (Wildman–Crippen MR) is 105 cm³/mol. The number of nitrogens with one attached hydrogen (secondary N) is 2. The first-order chi connectivity index (χ1) is 12.9. The summed E-state index contributed by atoms with van der Waals surface area (Å²) in [6, 6.07) is 11.6. The summed E-state index contributed by atoms with van der Waals surface area (Å²) in [5.74, 6) is 0.592. The van der Waals surface area contributed by atoms with Crippen LogP contribution in [0.4, 0.5) is 0 Å². The van der Waals surface area contributed by atoms with E-state index in [-0.39, 0.29) is 17.9 Å². The molecule has 0 aliphatic carbocycles. The van der Waals surface area contributed by atoms with E-state index in [9.17, 15) is 9.59 Å². The molecule has 144 valence electrons. The zero-order valence-corrected chi connectivity index (χ0v) is 16.3. The van der Waals surface area contributed by atoms with E-state index >= 15 is 0 Å². The van der Waals surface area contributed by atoms with E-state index < -0.39 is 0 Å². The van der Waals surface area contributed by atoms with E-state index in [2.05, 4.69) is 10.6 Å². The average molecular weight is 391 g/mol. The Kier molecular flexibility index (Phi) is 7.49. The zero-order valence-electron chi connectivity index (χ0n) is 15.5. The van der Waals surface area contributed by atoms with Crippen molar-refractivity contribution in [1.82, 2.24) is 10.6 Å². The molecule has 2 N–H and O–H groups in total. The fourth-order valence-electron chi connectivity index (χ4n) is 2.32. The summed E-state index contributed by atoms with van der Waals surface area (Å²) in [5.41, 5.74) is 0.961. The molecule has 2 rings (SSSR count). The van der Waals surface area contributed by atoms with Crippen LogP contribution in [-0.2, 0) is 0 Å². The number of benzene rings is 2. The van der Waals surface area contributed by atoms with Crippen molar-refractivity contribution in [1.29, 1.82) is 0 Å². The van der Waals surface area contributed by atoms with Gasteiger partial charge in [0.15, 0.2) is 11.5 Å². The number of methoxy groups -OCH3 is 1. The van der Waals surface area contributed by atoms with Gasteiger partial charge in [0.1, 0.15) is 0 Å². The van der Waals surface area contributed by atoms with Crippen molar-refractivity contribution in [3.63, 3.8) is 0 Å². The van der Waals surface area contributed by atoms with Gasteiger partial charge in [-0.2, -0.15) is 0 Å². The van der Waals surface area contributed by atoms with E-state index in [1.54, 1.807) is 42.5 Å². The largest absolute Gasteiger partial charge is 0.493 e. The molecule has 0 aromatic heterocycles. The van der Waals surface area contributed by atoms with Crippen LogP contribution in [0.5, 0.6) is 11.5 Å². The van der Waals surface area contributed by atoms with Gasteiger partial charge in [-0.25, -0.2) is 0 Å². The van der Waals surface area contributed by atoms with E-state index in [4.69, 9.17) is 21.1 Å². The quantitative estimate of drug-likeness (QED) is 0.678. The molecule has 0 atom stereocenters. The summed E-state index contributed by atoms with van der Waals surface area (Å²) in [5, 5.41) is 6.06. The summed E-state index contributed by atoms with van der Waals surface area (Å²) in [7, 11) is 1.52. The normalized spacial score (nSPS) is 10.4. The molecule has 0 saturated carbocycles. The standard InChI is InChI=1S/C20H23ClN2O4/c1-13(2)27-17-9-6-15(12-18(17)26-3)20(25)23-11-10-22-19(24)14-4-7-16(21)8-5-14/h4-9,12-13H,10-11H2,1-3H3,(H,22,24)(H,23,25). The fraction of sp³-hybridized carbons (Fsp3) is 0.300. The summed E-state index contributed by atoms with van der Waals surface area (Å²) >= 11 is 5.80. The van der Waals surface area contributed by atoms with Crippen molar-refractivity contribution < 1.29 is 19.1 Å². The molecule has 0 aliphatic rings. The van der Waals surface area contributed by atoms with Crippen LogP contribution in [0.3, 0.4) is 0 Å². The van der Waals surface area contributed by atoms with Gasteiger partial charge in [0.05, 0.1) is 13.2 Å². The summed E-state index contributed by atoms with van der Waals surface area (Å²) in [4.78, 5) is 24.2. The van der Waals surface area contributed by atoms with Crippen LogP contribution in [0.25, 0.3) is 0 Å². The molecule has 0 radical (unpaired) electrons. The molecule has 7 heteroatoms. The van der Waals surface area contributed by atoms with Gasteiger partial charge in [-0.05, 0) is 56.3 Å². The Hall–Kier alpha value is -2.73. The molecular weight excluding hydrogens is 368 g/mol. The van der Waals surface area contributed by atoms with Crippen molar-refractivity contribution in [2.45, 2.75) is 20.0 Å². The first-order valence-electron chi connectivity index (χ1n) is 8.57. The van der Waals surface area contributed by atoms with E-state index in [1.165, 1.54) is 7.11 Å². The molecule has 0 heterocycles. The van der Waals surface area contributed by atoms with Crippen LogP contribution in [0.2, 0.25) is 5.02 Å². The van der Waals surface area contributed by atoms with Gasteiger partial charge in [0, 0.05) is 29.2 Å². The van der Waals surface area contributed by atoms with Gasteiger partial charge < -0.3 is 20.1 Å². The number of carbonyl (C=O) groups is 2. The Labute approximate surface area is 163 Å². The Balaban J connectivity index is 1.84. The number of hydrogen-bond acceptors (Lipinski definition) is 4. The van der Waals surface area contributed by atoms with E-state index in [0.717, 1.165) is 0 Å². The highest BCUT2D eigenvalue weighted by Crippen LogP contribution is 2.28. The minimum Gasteiger partial charge on any atom is -0.493 e. The number of rotatable bonds is 8. The lowest BCUT2D eigenvalue weighted by Gasteiger charge is -2.14. The molecule has 6 nitrogen and oxygen atoms in total. The summed E-state index contributed by atoms with van der Waals surface area (Å²) in [6.07, 6.45) is 0.00262. The number of amides is 2. The predicted octanol–water partition coefficient (Wildman–Crippen LogP) is 3.30. The molecule has 2 amide bonds. The van der Waals surface area contributed by atoms with Gasteiger partial charge in [0.25, 0.3) is 11.8 Å². The summed E-state index contributed by atoms with van der Waals surface area (Å²) < 4.78 is 10.9. The number of ether oxygens (including phenoxy) is 2. The molecule has 0 fully saturated rings. The van der Waals surface area contributed by atoms with Crippen molar-refractivity contribution >= 4 is 23.4 Å². The van der Waals surface area contributed by atoms with Crippen LogP contribution < -0.4 is 20.1 Å². The van der Waals surface area contributed by atoms with Crippen molar-refractivity contribution in [2.75, 3.05) is 20.2 Å². The highest BCUT2D eigenvalue weighted by Gasteiger charge is 2.12. The van der Waals surface area contributed by atoms with Gasteiger partial charge in [0.2, 0.25) is 0 Å². The van der Waals surface area contributed by atoms with Crippen LogP contribution in [0.15, 0.2) is 42.5 Å². The fourth-order valence-corrected chi connectivity index (χ4v) is 2.44. The monoisotopic (exact) mass is 390 g/mol. The zero-order chi connectivity index (χ0) is 19.8. The molecule has 2 aromatic carbocycles. The van der Waals surface area contributed by atoms with Crippen molar-refractivity contribution in [3.05, 3.63) is 58.6 Å². The third kappa shape index (κ3) is 6.18. The van der Waals surface area contributed by atoms with Crippen LogP contribution >= 0.6 is 11.6 Å². The lowest BCUT2D eigenvalue weighted by atomic mass is 10.2. The highest BCUT2D eigenvalue weighted by atomic mass is 35.5. The van der Waals surface area contributed by atoms with E-state index in [1.807, 2.05) is 13.8 Å². The SMILES string of the molecule is COc1cc(C(=O)NCCNC(=O)c2ccc(Cl)cc2)ccc1OC(C)C. The maximum Gasteiger partial charge on any atom is 0.251 e. The maximum atomic E-state index is 12.3. The molecule has 0 saturated heterocycles. The minimum absolute atomic E-state index is 0.00262. The third-order valence-corrected chi connectivity index (χ3v) is 3.84. The molecule has 0 spiro atoms. The Bertz CT molecular complexity index is 791. The smallest absolute Gasteiger partial charge is 0.251 e. The lowest BCUT2D eigenvalue weighted by molar-refractivity contribution is 0.0927. The lowest BCUT2D eigenvalue weighted by Crippen LogP contribution is -2.34. The molecule has 0 unspecified atom stereocenters. The van der Waals surface area contributed by atoms with Gasteiger partial charge >= 0.3 is 0 Å². The number of carbonyl (C=O) groups excluding carboxylic acids is 2. The molecular formula is C20H23ClN2O4. The number of hydrogen-bond donors (Lipinski definition) is 2. The maximum absolute atomic E-state index is 12.3. The second kappa shape index (κ2) is 9.83. The Morgan fingerprint density at radius 1 is 0.926 bits per heavy atom. The third-order valence-electron chi connectivity index (χ3n) is 3.59. The minimum atomic E-state index is -0.259. The van der Waals surface area contributed by atoms with Crippen LogP contribution in [0.1, 0.15) is 34.6 Å². The average Bonchev–Trinajstić information content (AvgIpc) is 2.65. The van der Waals surface area contributed by atoms with Gasteiger partial charge in [-0.15, -0.1) is 0 Å². The number of halogens is 1. The topological polar surface area (TPSA) is 76.7 Å². The van der Waals surface area contributed by atoms with Gasteiger partial charge in [-0.1, -0.05) is 11.6 Å². The Morgan fingerprint density at radius 2 is 1.48 bits per heavy atom. The molecule has 0 aliphatic heterocycles. The van der Waals surface area contributed by atoms with E-state index in [0.29, 0.717) is 40.7 Å². The summed E-state index contributed by atoms with van der Waals surface area (Å²) in [6.45, 7) is 4.43. The van der Waals surface area contributed by atoms with Crippen LogP contribution in [0, 0.1) is 0 Å². The second-order valence-corrected chi connectivity index (χ2v) is 6.49. The molecule has 2 aromatic rings. The molecule has 0 bridgehead atoms. The second-order valence-electron chi connectivity index (χ2n) is 6.05. The molecule has 27 heavy (non-hydrogen) atoms. The Morgan fingerprint density at radius 3 is 2.04 bits per heavy atom. The first-order valence-corrected chi connectivity index (χ1v) is 8.95. The van der Waals surface area contributed by atoms with Crippen molar-refractivity contribution in [2.24, 2.45) is 0 Å². The van der Waals surface area contributed by atoms with Crippen LogP contribution in [-0.4, -0.2) is 38.1 Å². The van der Waals surface area contributed by atoms with Crippen molar-refractivity contribution in [3.8, 4) is 11.5 Å². The highest BCUT2D eigenvalue weighted by molar-refractivity contribution is 6.30.